The molecule has 3 nitrogen and oxygen atoms in total. The molecule has 0 aliphatic heterocycles. The number of rotatable bonds is 4. The summed E-state index contributed by atoms with van der Waals surface area (Å²) < 4.78 is 6.47. The molecule has 1 heterocycles. The second-order valence-corrected chi connectivity index (χ2v) is 5.56. The van der Waals surface area contributed by atoms with E-state index in [0.717, 1.165) is 17.0 Å². The quantitative estimate of drug-likeness (QED) is 0.767. The highest BCUT2D eigenvalue weighted by Crippen LogP contribution is 2.26. The second kappa shape index (κ2) is 5.51. The number of methoxy groups -OCH3 is 1. The Morgan fingerprint density at radius 3 is 2.95 bits per heavy atom. The van der Waals surface area contributed by atoms with Crippen molar-refractivity contribution >= 4 is 27.2 Å². The Labute approximate surface area is 122 Å². The zero-order valence-corrected chi connectivity index (χ0v) is 12.3. The van der Waals surface area contributed by atoms with E-state index >= 15 is 0 Å². The maximum Gasteiger partial charge on any atom is 0.119 e. The fraction of sp³-hybridized carbons (Fsp3) is 0.188. The molecule has 20 heavy (non-hydrogen) atoms. The third-order valence-corrected chi connectivity index (χ3v) is 4.10. The summed E-state index contributed by atoms with van der Waals surface area (Å²) in [7, 11) is 1.69. The number of aromatic nitrogens is 1. The minimum Gasteiger partial charge on any atom is -0.497 e. The molecule has 0 aliphatic rings. The average molecular weight is 284 g/mol. The fourth-order valence-corrected chi connectivity index (χ4v) is 2.91. The molecule has 0 radical (unpaired) electrons. The highest BCUT2D eigenvalue weighted by atomic mass is 32.1. The summed E-state index contributed by atoms with van der Waals surface area (Å²) in [6.07, 6.45) is 0. The van der Waals surface area contributed by atoms with Crippen LogP contribution in [0.1, 0.15) is 18.5 Å². The molecule has 102 valence electrons. The van der Waals surface area contributed by atoms with Crippen LogP contribution in [0.4, 0.5) is 5.69 Å². The molecule has 2 aromatic carbocycles. The van der Waals surface area contributed by atoms with Gasteiger partial charge in [0.15, 0.2) is 0 Å². The van der Waals surface area contributed by atoms with E-state index in [4.69, 9.17) is 4.74 Å². The zero-order valence-electron chi connectivity index (χ0n) is 11.5. The first kappa shape index (κ1) is 12.9. The van der Waals surface area contributed by atoms with E-state index in [1.54, 1.807) is 18.4 Å². The third-order valence-electron chi connectivity index (χ3n) is 3.31. The Morgan fingerprint density at radius 1 is 1.20 bits per heavy atom. The predicted molar refractivity (Wildman–Crippen MR) is 84.7 cm³/mol. The lowest BCUT2D eigenvalue weighted by atomic mass is 10.1. The average Bonchev–Trinajstić information content (AvgIpc) is 2.95. The molecule has 0 bridgehead atoms. The summed E-state index contributed by atoms with van der Waals surface area (Å²) in [5.41, 5.74) is 5.24. The maximum atomic E-state index is 5.27. The van der Waals surface area contributed by atoms with E-state index in [2.05, 4.69) is 41.5 Å². The van der Waals surface area contributed by atoms with Crippen LogP contribution in [0.15, 0.2) is 48.0 Å². The normalized spacial score (nSPS) is 12.3. The minimum atomic E-state index is 0.218. The van der Waals surface area contributed by atoms with Crippen LogP contribution >= 0.6 is 11.3 Å². The third kappa shape index (κ3) is 2.60. The lowest BCUT2D eigenvalue weighted by Gasteiger charge is -2.16. The second-order valence-electron chi connectivity index (χ2n) is 4.68. The molecule has 0 spiro atoms. The standard InChI is InChI=1S/C16H16N2OS/c1-11(12-4-3-5-14(8-12)19-2)18-13-6-7-15-16(9-13)20-10-17-15/h3-11,18H,1-2H3. The van der Waals surface area contributed by atoms with Gasteiger partial charge in [0, 0.05) is 11.7 Å². The summed E-state index contributed by atoms with van der Waals surface area (Å²) in [6.45, 7) is 2.14. The molecular formula is C16H16N2OS. The van der Waals surface area contributed by atoms with E-state index in [-0.39, 0.29) is 6.04 Å². The lowest BCUT2D eigenvalue weighted by Crippen LogP contribution is -2.06. The summed E-state index contributed by atoms with van der Waals surface area (Å²) in [6, 6.07) is 14.6. The molecule has 3 rings (SSSR count). The van der Waals surface area contributed by atoms with E-state index in [1.807, 2.05) is 23.7 Å². The molecule has 0 saturated heterocycles. The van der Waals surface area contributed by atoms with Gasteiger partial charge < -0.3 is 10.1 Å². The largest absolute Gasteiger partial charge is 0.497 e. The number of hydrogen-bond acceptors (Lipinski definition) is 4. The van der Waals surface area contributed by atoms with Crippen molar-refractivity contribution < 1.29 is 4.74 Å². The minimum absolute atomic E-state index is 0.218. The number of anilines is 1. The number of nitrogens with one attached hydrogen (secondary N) is 1. The van der Waals surface area contributed by atoms with Crippen molar-refractivity contribution in [3.63, 3.8) is 0 Å². The molecule has 1 N–H and O–H groups in total. The Morgan fingerprint density at radius 2 is 2.10 bits per heavy atom. The number of hydrogen-bond donors (Lipinski definition) is 1. The van der Waals surface area contributed by atoms with Gasteiger partial charge in [-0.2, -0.15) is 0 Å². The summed E-state index contributed by atoms with van der Waals surface area (Å²) in [4.78, 5) is 4.29. The summed E-state index contributed by atoms with van der Waals surface area (Å²) in [5, 5.41) is 3.51. The van der Waals surface area contributed by atoms with Crippen LogP contribution in [-0.4, -0.2) is 12.1 Å². The number of nitrogens with zero attached hydrogens (tertiary/aromatic N) is 1. The molecule has 1 unspecified atom stereocenters. The summed E-state index contributed by atoms with van der Waals surface area (Å²) in [5.74, 6) is 0.883. The highest BCUT2D eigenvalue weighted by Gasteiger charge is 2.07. The van der Waals surface area contributed by atoms with Crippen LogP contribution in [0, 0.1) is 0 Å². The molecule has 0 aliphatic carbocycles. The smallest absolute Gasteiger partial charge is 0.119 e. The van der Waals surface area contributed by atoms with Gasteiger partial charge >= 0.3 is 0 Å². The van der Waals surface area contributed by atoms with Gasteiger partial charge in [0.2, 0.25) is 0 Å². The van der Waals surface area contributed by atoms with Crippen molar-refractivity contribution in [2.45, 2.75) is 13.0 Å². The predicted octanol–water partition coefficient (Wildman–Crippen LogP) is 4.48. The Kier molecular flexibility index (Phi) is 3.56. The van der Waals surface area contributed by atoms with Crippen molar-refractivity contribution in [2.24, 2.45) is 0 Å². The number of benzene rings is 2. The number of ether oxygens (including phenoxy) is 1. The van der Waals surface area contributed by atoms with Crippen LogP contribution in [0.2, 0.25) is 0 Å². The molecule has 1 atom stereocenters. The number of fused-ring (bicyclic) bond motifs is 1. The fourth-order valence-electron chi connectivity index (χ4n) is 2.19. The molecule has 4 heteroatoms. The van der Waals surface area contributed by atoms with Crippen molar-refractivity contribution in [3.8, 4) is 5.75 Å². The van der Waals surface area contributed by atoms with Gasteiger partial charge in [-0.1, -0.05) is 12.1 Å². The van der Waals surface area contributed by atoms with E-state index in [0.29, 0.717) is 0 Å². The first-order valence-corrected chi connectivity index (χ1v) is 7.38. The Hall–Kier alpha value is -2.07. The molecule has 0 amide bonds. The van der Waals surface area contributed by atoms with Gasteiger partial charge in [-0.25, -0.2) is 4.98 Å². The van der Waals surface area contributed by atoms with Crippen LogP contribution in [0.3, 0.4) is 0 Å². The van der Waals surface area contributed by atoms with E-state index in [1.165, 1.54) is 10.3 Å². The molecule has 3 aromatic rings. The zero-order chi connectivity index (χ0) is 13.9. The van der Waals surface area contributed by atoms with Crippen LogP contribution in [0.25, 0.3) is 10.2 Å². The van der Waals surface area contributed by atoms with E-state index in [9.17, 15) is 0 Å². The lowest BCUT2D eigenvalue weighted by molar-refractivity contribution is 0.414. The maximum absolute atomic E-state index is 5.27. The van der Waals surface area contributed by atoms with Crippen molar-refractivity contribution in [1.29, 1.82) is 0 Å². The topological polar surface area (TPSA) is 34.1 Å². The van der Waals surface area contributed by atoms with Crippen molar-refractivity contribution in [3.05, 3.63) is 53.5 Å². The first-order chi connectivity index (χ1) is 9.76. The van der Waals surface area contributed by atoms with Crippen molar-refractivity contribution in [1.82, 2.24) is 4.98 Å². The summed E-state index contributed by atoms with van der Waals surface area (Å²) >= 11 is 1.66. The SMILES string of the molecule is COc1cccc(C(C)Nc2ccc3ncsc3c2)c1. The van der Waals surface area contributed by atoms with Crippen LogP contribution in [0.5, 0.6) is 5.75 Å². The van der Waals surface area contributed by atoms with Crippen LogP contribution < -0.4 is 10.1 Å². The first-order valence-electron chi connectivity index (χ1n) is 6.50. The van der Waals surface area contributed by atoms with Gasteiger partial charge in [-0.05, 0) is 42.8 Å². The number of thiazole rings is 1. The monoisotopic (exact) mass is 284 g/mol. The Bertz CT molecular complexity index is 723. The Balaban J connectivity index is 1.81. The molecule has 0 saturated carbocycles. The molecular weight excluding hydrogens is 268 g/mol. The van der Waals surface area contributed by atoms with E-state index < -0.39 is 0 Å². The van der Waals surface area contributed by atoms with Gasteiger partial charge in [0.1, 0.15) is 5.75 Å². The molecule has 0 fully saturated rings. The van der Waals surface area contributed by atoms with Crippen LogP contribution in [-0.2, 0) is 0 Å². The van der Waals surface area contributed by atoms with Crippen molar-refractivity contribution in [2.75, 3.05) is 12.4 Å². The van der Waals surface area contributed by atoms with Gasteiger partial charge in [0.25, 0.3) is 0 Å². The van der Waals surface area contributed by atoms with Gasteiger partial charge in [-0.3, -0.25) is 0 Å². The highest BCUT2D eigenvalue weighted by molar-refractivity contribution is 7.16. The molecule has 1 aromatic heterocycles. The van der Waals surface area contributed by atoms with Gasteiger partial charge in [0.05, 0.1) is 22.8 Å². The van der Waals surface area contributed by atoms with Gasteiger partial charge in [-0.15, -0.1) is 11.3 Å².